The largest absolute Gasteiger partial charge is 0.245 e. The first kappa shape index (κ1) is 26.2. The molecule has 0 amide bonds. The molecule has 0 fully saturated rings. The number of aromatic nitrogens is 4. The van der Waals surface area contributed by atoms with Crippen LogP contribution in [-0.2, 0) is 0 Å². The van der Waals surface area contributed by atoms with Crippen molar-refractivity contribution in [3.05, 3.63) is 158 Å². The van der Waals surface area contributed by atoms with Crippen LogP contribution >= 0.6 is 0 Å². The van der Waals surface area contributed by atoms with Crippen molar-refractivity contribution in [2.45, 2.75) is 0 Å². The normalized spacial score (nSPS) is 11.5. The Labute approximate surface area is 265 Å². The molecule has 4 nitrogen and oxygen atoms in total. The van der Waals surface area contributed by atoms with E-state index in [0.29, 0.717) is 5.82 Å². The van der Waals surface area contributed by atoms with Gasteiger partial charge in [-0.3, -0.25) is 0 Å². The van der Waals surface area contributed by atoms with Crippen molar-refractivity contribution in [3.63, 3.8) is 0 Å². The molecule has 0 radical (unpaired) electrons. The second kappa shape index (κ2) is 10.7. The van der Waals surface area contributed by atoms with Gasteiger partial charge in [-0.15, -0.1) is 0 Å². The zero-order valence-corrected chi connectivity index (χ0v) is 24.8. The molecule has 0 N–H and O–H groups in total. The molecule has 0 spiro atoms. The molecule has 0 unspecified atom stereocenters. The summed E-state index contributed by atoms with van der Waals surface area (Å²) >= 11 is 0. The topological polar surface area (TPSA) is 51.6 Å². The summed E-state index contributed by atoms with van der Waals surface area (Å²) in [6, 6.07) is 54.4. The van der Waals surface area contributed by atoms with Crippen LogP contribution in [0.5, 0.6) is 0 Å². The summed E-state index contributed by atoms with van der Waals surface area (Å²) < 4.78 is 0. The van der Waals surface area contributed by atoms with Gasteiger partial charge in [-0.25, -0.2) is 19.9 Å². The lowest BCUT2D eigenvalue weighted by atomic mass is 9.97. The number of pyridine rings is 2. The summed E-state index contributed by atoms with van der Waals surface area (Å²) in [5, 5.41) is 5.47. The molecule has 0 aliphatic heterocycles. The van der Waals surface area contributed by atoms with Crippen LogP contribution in [-0.4, -0.2) is 19.9 Å². The molecule has 0 saturated carbocycles. The van der Waals surface area contributed by atoms with Crippen LogP contribution in [0, 0.1) is 0 Å². The molecule has 0 atom stereocenters. The van der Waals surface area contributed by atoms with Crippen LogP contribution < -0.4 is 0 Å². The van der Waals surface area contributed by atoms with Crippen LogP contribution in [0.4, 0.5) is 0 Å². The second-order valence-corrected chi connectivity index (χ2v) is 11.5. The number of hydrogen-bond acceptors (Lipinski definition) is 4. The minimum absolute atomic E-state index is 0.698. The standard InChI is InChI=1S/C42H26N4/c1-2-11-28(12-3-1)36-24-22-29-19-20-30-23-25-38(44-40(30)39(29)43-36)33-14-6-7-15-34(33)41-35-16-8-9-17-37(35)45-42(46-41)32-21-18-27-10-4-5-13-31(27)26-32/h1-26H. The van der Waals surface area contributed by atoms with Gasteiger partial charge in [-0.1, -0.05) is 133 Å². The van der Waals surface area contributed by atoms with Gasteiger partial charge >= 0.3 is 0 Å². The first-order valence-electron chi connectivity index (χ1n) is 15.4. The lowest BCUT2D eigenvalue weighted by Gasteiger charge is -2.14. The summed E-state index contributed by atoms with van der Waals surface area (Å²) in [7, 11) is 0. The molecule has 0 saturated heterocycles. The highest BCUT2D eigenvalue weighted by Gasteiger charge is 2.17. The summed E-state index contributed by atoms with van der Waals surface area (Å²) in [5.74, 6) is 0.698. The number of rotatable bonds is 4. The van der Waals surface area contributed by atoms with E-state index in [9.17, 15) is 0 Å². The fourth-order valence-electron chi connectivity index (χ4n) is 6.34. The van der Waals surface area contributed by atoms with Crippen molar-refractivity contribution in [1.82, 2.24) is 19.9 Å². The lowest BCUT2D eigenvalue weighted by molar-refractivity contribution is 1.23. The number of hydrogen-bond donors (Lipinski definition) is 0. The maximum atomic E-state index is 5.28. The number of benzene rings is 6. The number of para-hydroxylation sites is 1. The number of fused-ring (bicyclic) bond motifs is 5. The predicted octanol–water partition coefficient (Wildman–Crippen LogP) is 10.5. The van der Waals surface area contributed by atoms with Crippen molar-refractivity contribution in [1.29, 1.82) is 0 Å². The Morgan fingerprint density at radius 1 is 0.348 bits per heavy atom. The van der Waals surface area contributed by atoms with E-state index in [2.05, 4.69) is 127 Å². The maximum absolute atomic E-state index is 5.28. The Balaban J connectivity index is 1.24. The minimum atomic E-state index is 0.698. The highest BCUT2D eigenvalue weighted by atomic mass is 14.9. The van der Waals surface area contributed by atoms with Gasteiger partial charge in [-0.2, -0.15) is 0 Å². The smallest absolute Gasteiger partial charge is 0.160 e. The fraction of sp³-hybridized carbons (Fsp3) is 0. The highest BCUT2D eigenvalue weighted by Crippen LogP contribution is 2.37. The van der Waals surface area contributed by atoms with E-state index < -0.39 is 0 Å². The van der Waals surface area contributed by atoms with Crippen LogP contribution in [0.25, 0.3) is 88.6 Å². The van der Waals surface area contributed by atoms with E-state index in [1.165, 1.54) is 5.39 Å². The van der Waals surface area contributed by atoms with E-state index >= 15 is 0 Å². The third kappa shape index (κ3) is 4.47. The molecule has 46 heavy (non-hydrogen) atoms. The van der Waals surface area contributed by atoms with Crippen LogP contribution in [0.15, 0.2) is 158 Å². The van der Waals surface area contributed by atoms with Gasteiger partial charge in [0, 0.05) is 38.4 Å². The molecule has 9 aromatic rings. The Morgan fingerprint density at radius 3 is 1.78 bits per heavy atom. The van der Waals surface area contributed by atoms with Crippen LogP contribution in [0.3, 0.4) is 0 Å². The molecule has 3 aromatic heterocycles. The van der Waals surface area contributed by atoms with E-state index in [4.69, 9.17) is 19.9 Å². The minimum Gasteiger partial charge on any atom is -0.245 e. The monoisotopic (exact) mass is 586 g/mol. The van der Waals surface area contributed by atoms with Crippen molar-refractivity contribution in [2.75, 3.05) is 0 Å². The summed E-state index contributed by atoms with van der Waals surface area (Å²) in [5.41, 5.74) is 9.45. The molecular formula is C42H26N4. The molecular weight excluding hydrogens is 560 g/mol. The summed E-state index contributed by atoms with van der Waals surface area (Å²) in [6.07, 6.45) is 0. The predicted molar refractivity (Wildman–Crippen MR) is 189 cm³/mol. The highest BCUT2D eigenvalue weighted by molar-refractivity contribution is 6.05. The van der Waals surface area contributed by atoms with Gasteiger partial charge < -0.3 is 0 Å². The van der Waals surface area contributed by atoms with E-state index in [1.54, 1.807) is 0 Å². The van der Waals surface area contributed by atoms with Crippen molar-refractivity contribution in [2.24, 2.45) is 0 Å². The maximum Gasteiger partial charge on any atom is 0.160 e. The second-order valence-electron chi connectivity index (χ2n) is 11.5. The van der Waals surface area contributed by atoms with Gasteiger partial charge in [0.05, 0.1) is 33.6 Å². The fourth-order valence-corrected chi connectivity index (χ4v) is 6.34. The van der Waals surface area contributed by atoms with Gasteiger partial charge in [-0.05, 0) is 35.0 Å². The van der Waals surface area contributed by atoms with Gasteiger partial charge in [0.2, 0.25) is 0 Å². The van der Waals surface area contributed by atoms with Crippen molar-refractivity contribution < 1.29 is 0 Å². The summed E-state index contributed by atoms with van der Waals surface area (Å²) in [4.78, 5) is 20.7. The van der Waals surface area contributed by atoms with Crippen LogP contribution in [0.1, 0.15) is 0 Å². The first-order chi connectivity index (χ1) is 22.8. The summed E-state index contributed by atoms with van der Waals surface area (Å²) in [6.45, 7) is 0. The van der Waals surface area contributed by atoms with E-state index in [0.717, 1.165) is 77.4 Å². The molecule has 9 rings (SSSR count). The molecule has 3 heterocycles. The third-order valence-electron chi connectivity index (χ3n) is 8.66. The molecule has 6 aromatic carbocycles. The van der Waals surface area contributed by atoms with Crippen LogP contribution in [0.2, 0.25) is 0 Å². The van der Waals surface area contributed by atoms with Crippen molar-refractivity contribution >= 4 is 43.5 Å². The SMILES string of the molecule is c1ccc(-c2ccc3ccc4ccc(-c5ccccc5-c5nc(-c6ccc7ccccc7c6)nc6ccccc56)nc4c3n2)cc1. The van der Waals surface area contributed by atoms with Crippen molar-refractivity contribution in [3.8, 4) is 45.2 Å². The van der Waals surface area contributed by atoms with Gasteiger partial charge in [0.15, 0.2) is 5.82 Å². The lowest BCUT2D eigenvalue weighted by Crippen LogP contribution is -1.97. The van der Waals surface area contributed by atoms with E-state index in [1.807, 2.05) is 30.3 Å². The first-order valence-corrected chi connectivity index (χ1v) is 15.4. The molecule has 0 aliphatic rings. The third-order valence-corrected chi connectivity index (χ3v) is 8.66. The Hall–Kier alpha value is -6.26. The zero-order valence-electron chi connectivity index (χ0n) is 24.8. The Kier molecular flexibility index (Phi) is 6.10. The van der Waals surface area contributed by atoms with Gasteiger partial charge in [0.25, 0.3) is 0 Å². The Bertz CT molecular complexity index is 2590. The zero-order chi connectivity index (χ0) is 30.5. The van der Waals surface area contributed by atoms with E-state index in [-0.39, 0.29) is 0 Å². The van der Waals surface area contributed by atoms with Gasteiger partial charge in [0.1, 0.15) is 0 Å². The average molecular weight is 587 g/mol. The average Bonchev–Trinajstić information content (AvgIpc) is 3.14. The number of nitrogens with zero attached hydrogens (tertiary/aromatic N) is 4. The molecule has 0 bridgehead atoms. The quantitative estimate of drug-likeness (QED) is 0.193. The Morgan fingerprint density at radius 2 is 0.957 bits per heavy atom. The molecule has 214 valence electrons. The molecule has 4 heteroatoms. The molecule has 0 aliphatic carbocycles.